The molecule has 1 N–H and O–H groups in total. The molecule has 1 aliphatic heterocycles. The van der Waals surface area contributed by atoms with Gasteiger partial charge in [-0.25, -0.2) is 0 Å². The maximum Gasteiger partial charge on any atom is 0.170 e. The SMILES string of the molecule is COCCN1C(=S)N[C@@H](c2ccccn2)[C@@H]1c1ccc(Br)s1. The Bertz CT molecular complexity index is 649. The summed E-state index contributed by atoms with van der Waals surface area (Å²) < 4.78 is 6.35. The number of halogens is 1. The van der Waals surface area contributed by atoms with Gasteiger partial charge in [0.15, 0.2) is 5.11 Å². The fourth-order valence-electron chi connectivity index (χ4n) is 2.63. The second-order valence-electron chi connectivity index (χ2n) is 4.95. The van der Waals surface area contributed by atoms with Crippen LogP contribution in [-0.2, 0) is 4.74 Å². The second-order valence-corrected chi connectivity index (χ2v) is 7.84. The summed E-state index contributed by atoms with van der Waals surface area (Å²) in [5.74, 6) is 0. The zero-order chi connectivity index (χ0) is 15.5. The van der Waals surface area contributed by atoms with Crippen molar-refractivity contribution in [3.8, 4) is 0 Å². The molecule has 0 spiro atoms. The summed E-state index contributed by atoms with van der Waals surface area (Å²) in [4.78, 5) is 7.95. The molecule has 0 amide bonds. The monoisotopic (exact) mass is 397 g/mol. The average Bonchev–Trinajstić information content (AvgIpc) is 3.09. The van der Waals surface area contributed by atoms with Crippen molar-refractivity contribution in [2.24, 2.45) is 0 Å². The molecule has 0 radical (unpaired) electrons. The summed E-state index contributed by atoms with van der Waals surface area (Å²) in [6.07, 6.45) is 1.82. The zero-order valence-corrected chi connectivity index (χ0v) is 15.2. The molecule has 2 atom stereocenters. The van der Waals surface area contributed by atoms with Gasteiger partial charge in [-0.1, -0.05) is 6.07 Å². The van der Waals surface area contributed by atoms with Gasteiger partial charge in [-0.05, 0) is 52.4 Å². The first-order chi connectivity index (χ1) is 10.7. The largest absolute Gasteiger partial charge is 0.383 e. The van der Waals surface area contributed by atoms with Crippen LogP contribution in [-0.4, -0.2) is 35.3 Å². The maximum absolute atomic E-state index is 5.54. The van der Waals surface area contributed by atoms with Crippen molar-refractivity contribution in [1.29, 1.82) is 0 Å². The summed E-state index contributed by atoms with van der Waals surface area (Å²) in [5, 5.41) is 4.17. The lowest BCUT2D eigenvalue weighted by Crippen LogP contribution is -2.32. The van der Waals surface area contributed by atoms with E-state index in [2.05, 4.69) is 43.3 Å². The predicted octanol–water partition coefficient (Wildman–Crippen LogP) is 3.52. The van der Waals surface area contributed by atoms with Crippen LogP contribution in [0.1, 0.15) is 22.7 Å². The van der Waals surface area contributed by atoms with Crippen LogP contribution in [0.15, 0.2) is 40.3 Å². The van der Waals surface area contributed by atoms with Crippen molar-refractivity contribution in [3.63, 3.8) is 0 Å². The normalized spacial score (nSPS) is 21.2. The minimum atomic E-state index is 0.0520. The van der Waals surface area contributed by atoms with Gasteiger partial charge in [0.25, 0.3) is 0 Å². The Morgan fingerprint density at radius 2 is 2.27 bits per heavy atom. The Morgan fingerprint density at radius 3 is 2.91 bits per heavy atom. The first-order valence-electron chi connectivity index (χ1n) is 6.93. The molecule has 22 heavy (non-hydrogen) atoms. The zero-order valence-electron chi connectivity index (χ0n) is 12.0. The molecule has 116 valence electrons. The molecule has 4 nitrogen and oxygen atoms in total. The number of nitrogens with one attached hydrogen (secondary N) is 1. The van der Waals surface area contributed by atoms with E-state index in [0.29, 0.717) is 6.61 Å². The van der Waals surface area contributed by atoms with Gasteiger partial charge in [-0.3, -0.25) is 4.98 Å². The number of aromatic nitrogens is 1. The fraction of sp³-hybridized carbons (Fsp3) is 0.333. The smallest absolute Gasteiger partial charge is 0.170 e. The van der Waals surface area contributed by atoms with E-state index in [0.717, 1.165) is 21.1 Å². The summed E-state index contributed by atoms with van der Waals surface area (Å²) in [5.41, 5.74) is 0.999. The van der Waals surface area contributed by atoms with Crippen molar-refractivity contribution >= 4 is 44.6 Å². The van der Waals surface area contributed by atoms with Crippen molar-refractivity contribution < 1.29 is 4.74 Å². The Balaban J connectivity index is 1.96. The number of ether oxygens (including phenoxy) is 1. The van der Waals surface area contributed by atoms with E-state index in [1.54, 1.807) is 18.4 Å². The molecular formula is C15H16BrN3OS2. The molecule has 7 heteroatoms. The molecule has 0 saturated carbocycles. The van der Waals surface area contributed by atoms with Gasteiger partial charge < -0.3 is 15.0 Å². The highest BCUT2D eigenvalue weighted by Gasteiger charge is 2.40. The Morgan fingerprint density at radius 1 is 1.41 bits per heavy atom. The van der Waals surface area contributed by atoms with E-state index in [1.807, 2.05) is 24.4 Å². The van der Waals surface area contributed by atoms with Gasteiger partial charge in [-0.15, -0.1) is 11.3 Å². The minimum absolute atomic E-state index is 0.0520. The van der Waals surface area contributed by atoms with Crippen LogP contribution in [0.5, 0.6) is 0 Å². The van der Waals surface area contributed by atoms with Gasteiger partial charge >= 0.3 is 0 Å². The van der Waals surface area contributed by atoms with Crippen LogP contribution in [0.4, 0.5) is 0 Å². The molecule has 1 aliphatic rings. The van der Waals surface area contributed by atoms with E-state index in [-0.39, 0.29) is 12.1 Å². The van der Waals surface area contributed by atoms with E-state index in [9.17, 15) is 0 Å². The number of methoxy groups -OCH3 is 1. The molecule has 0 aromatic carbocycles. The van der Waals surface area contributed by atoms with Crippen molar-refractivity contribution in [2.45, 2.75) is 12.1 Å². The molecule has 3 rings (SSSR count). The third-order valence-electron chi connectivity index (χ3n) is 3.62. The number of nitrogens with zero attached hydrogens (tertiary/aromatic N) is 2. The lowest BCUT2D eigenvalue weighted by Gasteiger charge is -2.26. The Hall–Kier alpha value is -1.02. The number of thiophene rings is 1. The summed E-state index contributed by atoms with van der Waals surface area (Å²) in [6.45, 7) is 1.39. The highest BCUT2D eigenvalue weighted by atomic mass is 79.9. The third kappa shape index (κ3) is 3.17. The summed E-state index contributed by atoms with van der Waals surface area (Å²) >= 11 is 10.8. The number of hydrogen-bond acceptors (Lipinski definition) is 4. The van der Waals surface area contributed by atoms with Crippen molar-refractivity contribution in [1.82, 2.24) is 15.2 Å². The number of hydrogen-bond donors (Lipinski definition) is 1. The number of thiocarbonyl (C=S) groups is 1. The lowest BCUT2D eigenvalue weighted by atomic mass is 10.0. The first-order valence-corrected chi connectivity index (χ1v) is 8.94. The Kier molecular flexibility index (Phi) is 5.07. The number of pyridine rings is 1. The first kappa shape index (κ1) is 15.9. The van der Waals surface area contributed by atoms with E-state index < -0.39 is 0 Å². The highest BCUT2D eigenvalue weighted by Crippen LogP contribution is 2.41. The second kappa shape index (κ2) is 7.04. The summed E-state index contributed by atoms with van der Waals surface area (Å²) in [7, 11) is 1.71. The van der Waals surface area contributed by atoms with Gasteiger partial charge in [0.05, 0.1) is 28.2 Å². The van der Waals surface area contributed by atoms with Crippen molar-refractivity contribution in [3.05, 3.63) is 50.9 Å². The van der Waals surface area contributed by atoms with Gasteiger partial charge in [0.2, 0.25) is 0 Å². The lowest BCUT2D eigenvalue weighted by molar-refractivity contribution is 0.164. The molecule has 0 bridgehead atoms. The molecular weight excluding hydrogens is 382 g/mol. The topological polar surface area (TPSA) is 37.4 Å². The summed E-state index contributed by atoms with van der Waals surface area (Å²) in [6, 6.07) is 10.4. The van der Waals surface area contributed by atoms with Crippen LogP contribution in [0, 0.1) is 0 Å². The van der Waals surface area contributed by atoms with E-state index in [1.165, 1.54) is 4.88 Å². The van der Waals surface area contributed by atoms with Gasteiger partial charge in [-0.2, -0.15) is 0 Å². The molecule has 2 aromatic rings. The quantitative estimate of drug-likeness (QED) is 0.781. The van der Waals surface area contributed by atoms with Gasteiger partial charge in [0, 0.05) is 24.7 Å². The standard InChI is InChI=1S/C15H16BrN3OS2/c1-20-9-8-19-14(11-5-6-12(16)22-11)13(18-15(19)21)10-4-2-3-7-17-10/h2-7,13-14H,8-9H2,1H3,(H,18,21)/t13-,14-/m0/s1. The van der Waals surface area contributed by atoms with Crippen LogP contribution in [0.2, 0.25) is 0 Å². The van der Waals surface area contributed by atoms with Gasteiger partial charge in [0.1, 0.15) is 0 Å². The van der Waals surface area contributed by atoms with E-state index in [4.69, 9.17) is 17.0 Å². The third-order valence-corrected chi connectivity index (χ3v) is 5.67. The highest BCUT2D eigenvalue weighted by molar-refractivity contribution is 9.11. The molecule has 1 saturated heterocycles. The number of rotatable bonds is 5. The molecule has 1 fully saturated rings. The van der Waals surface area contributed by atoms with Crippen LogP contribution in [0.3, 0.4) is 0 Å². The maximum atomic E-state index is 5.54. The molecule has 2 aromatic heterocycles. The average molecular weight is 398 g/mol. The van der Waals surface area contributed by atoms with E-state index >= 15 is 0 Å². The van der Waals surface area contributed by atoms with Crippen molar-refractivity contribution in [2.75, 3.05) is 20.3 Å². The predicted molar refractivity (Wildman–Crippen MR) is 96.1 cm³/mol. The molecule has 3 heterocycles. The minimum Gasteiger partial charge on any atom is -0.383 e. The molecule has 0 aliphatic carbocycles. The molecule has 0 unspecified atom stereocenters. The van der Waals surface area contributed by atoms with Crippen LogP contribution >= 0.6 is 39.5 Å². The Labute approximate surface area is 147 Å². The van der Waals surface area contributed by atoms with Crippen LogP contribution < -0.4 is 5.32 Å². The van der Waals surface area contributed by atoms with Crippen LogP contribution in [0.25, 0.3) is 0 Å². The fourth-order valence-corrected chi connectivity index (χ4v) is 4.54.